The van der Waals surface area contributed by atoms with Gasteiger partial charge in [-0.3, -0.25) is 9.79 Å². The molecule has 0 bridgehead atoms. The third-order valence-electron chi connectivity index (χ3n) is 3.44. The van der Waals surface area contributed by atoms with Gasteiger partial charge in [0.25, 0.3) is 5.91 Å². The number of para-hydroxylation sites is 1. The van der Waals surface area contributed by atoms with E-state index < -0.39 is 5.91 Å². The van der Waals surface area contributed by atoms with E-state index in [9.17, 15) is 4.79 Å². The Bertz CT molecular complexity index is 715. The van der Waals surface area contributed by atoms with Crippen LogP contribution in [0.5, 0.6) is 5.75 Å². The van der Waals surface area contributed by atoms with Crippen molar-refractivity contribution in [2.24, 2.45) is 10.7 Å². The van der Waals surface area contributed by atoms with Crippen molar-refractivity contribution in [2.45, 2.75) is 13.0 Å². The Kier molecular flexibility index (Phi) is 8.82. The van der Waals surface area contributed by atoms with Gasteiger partial charge in [0.05, 0.1) is 13.7 Å². The van der Waals surface area contributed by atoms with Gasteiger partial charge in [-0.15, -0.1) is 24.0 Å². The first-order valence-corrected chi connectivity index (χ1v) is 7.59. The van der Waals surface area contributed by atoms with Gasteiger partial charge in [-0.2, -0.15) is 0 Å². The van der Waals surface area contributed by atoms with Crippen LogP contribution in [0.2, 0.25) is 0 Å². The van der Waals surface area contributed by atoms with Crippen LogP contribution in [0.1, 0.15) is 21.9 Å². The van der Waals surface area contributed by atoms with E-state index in [1.54, 1.807) is 26.3 Å². The Hall–Kier alpha value is -2.23. The molecule has 0 atom stereocenters. The van der Waals surface area contributed by atoms with Crippen molar-refractivity contribution in [3.8, 4) is 5.75 Å². The standard InChI is InChI=1S/C17H22N4O3.HI/c1-19-17(21-11-13-7-8-15(24-13)16(18)22)20-10-9-12-5-3-4-6-14(12)23-2;/h3-8H,9-11H2,1-2H3,(H2,18,22)(H2,19,20,21);1H. The number of methoxy groups -OCH3 is 1. The smallest absolute Gasteiger partial charge is 0.284 e. The zero-order valence-electron chi connectivity index (χ0n) is 14.2. The second-order valence-electron chi connectivity index (χ2n) is 5.04. The van der Waals surface area contributed by atoms with Gasteiger partial charge < -0.3 is 25.5 Å². The quantitative estimate of drug-likeness (QED) is 0.334. The molecule has 7 nitrogen and oxygen atoms in total. The Morgan fingerprint density at radius 3 is 2.64 bits per heavy atom. The van der Waals surface area contributed by atoms with Gasteiger partial charge in [0, 0.05) is 13.6 Å². The summed E-state index contributed by atoms with van der Waals surface area (Å²) in [6.07, 6.45) is 0.803. The number of carbonyl (C=O) groups is 1. The van der Waals surface area contributed by atoms with E-state index in [0.717, 1.165) is 17.7 Å². The van der Waals surface area contributed by atoms with Crippen molar-refractivity contribution in [2.75, 3.05) is 20.7 Å². The Labute approximate surface area is 164 Å². The van der Waals surface area contributed by atoms with Crippen molar-refractivity contribution in [1.82, 2.24) is 10.6 Å². The number of aliphatic imine (C=N–C) groups is 1. The van der Waals surface area contributed by atoms with E-state index in [-0.39, 0.29) is 29.7 Å². The van der Waals surface area contributed by atoms with E-state index >= 15 is 0 Å². The van der Waals surface area contributed by atoms with E-state index in [0.29, 0.717) is 24.8 Å². The summed E-state index contributed by atoms with van der Waals surface area (Å²) >= 11 is 0. The maximum atomic E-state index is 11.0. The molecule has 0 aliphatic heterocycles. The van der Waals surface area contributed by atoms with Crippen LogP contribution in [-0.2, 0) is 13.0 Å². The number of hydrogen-bond acceptors (Lipinski definition) is 4. The summed E-state index contributed by atoms with van der Waals surface area (Å²) in [5.41, 5.74) is 6.28. The highest BCUT2D eigenvalue weighted by Gasteiger charge is 2.07. The molecule has 1 heterocycles. The number of amides is 1. The number of halogens is 1. The number of nitrogens with zero attached hydrogens (tertiary/aromatic N) is 1. The summed E-state index contributed by atoms with van der Waals surface area (Å²) in [6, 6.07) is 11.2. The minimum atomic E-state index is -0.583. The molecule has 1 amide bonds. The summed E-state index contributed by atoms with van der Waals surface area (Å²) in [4.78, 5) is 15.1. The molecule has 1 aromatic carbocycles. The average Bonchev–Trinajstić information content (AvgIpc) is 3.07. The van der Waals surface area contributed by atoms with Gasteiger partial charge in [-0.05, 0) is 30.2 Å². The van der Waals surface area contributed by atoms with Crippen LogP contribution in [0.25, 0.3) is 0 Å². The molecule has 0 spiro atoms. The largest absolute Gasteiger partial charge is 0.496 e. The summed E-state index contributed by atoms with van der Waals surface area (Å²) in [6.45, 7) is 1.10. The van der Waals surface area contributed by atoms with E-state index in [4.69, 9.17) is 14.9 Å². The number of nitrogens with one attached hydrogen (secondary N) is 2. The molecule has 1 aromatic heterocycles. The van der Waals surface area contributed by atoms with E-state index in [1.807, 2.05) is 24.3 Å². The van der Waals surface area contributed by atoms with Crippen LogP contribution in [-0.4, -0.2) is 32.6 Å². The number of furan rings is 1. The molecule has 0 saturated heterocycles. The van der Waals surface area contributed by atoms with Crippen LogP contribution in [0, 0.1) is 0 Å². The van der Waals surface area contributed by atoms with Gasteiger partial charge >= 0.3 is 0 Å². The first kappa shape index (κ1) is 20.8. The zero-order valence-corrected chi connectivity index (χ0v) is 16.6. The van der Waals surface area contributed by atoms with Crippen molar-refractivity contribution in [3.63, 3.8) is 0 Å². The van der Waals surface area contributed by atoms with Crippen LogP contribution < -0.4 is 21.1 Å². The van der Waals surface area contributed by atoms with E-state index in [1.165, 1.54) is 0 Å². The van der Waals surface area contributed by atoms with E-state index in [2.05, 4.69) is 15.6 Å². The van der Waals surface area contributed by atoms with Crippen molar-refractivity contribution in [1.29, 1.82) is 0 Å². The number of rotatable bonds is 7. The number of hydrogen-bond donors (Lipinski definition) is 3. The molecule has 0 aliphatic carbocycles. The lowest BCUT2D eigenvalue weighted by Gasteiger charge is -2.12. The Morgan fingerprint density at radius 2 is 2.00 bits per heavy atom. The summed E-state index contributed by atoms with van der Waals surface area (Å²) in [7, 11) is 3.35. The van der Waals surface area contributed by atoms with Gasteiger partial charge in [0.1, 0.15) is 11.5 Å². The summed E-state index contributed by atoms with van der Waals surface area (Å²) in [5.74, 6) is 1.68. The molecule has 25 heavy (non-hydrogen) atoms. The molecule has 0 saturated carbocycles. The number of carbonyl (C=O) groups excluding carboxylic acids is 1. The third kappa shape index (κ3) is 6.29. The summed E-state index contributed by atoms with van der Waals surface area (Å²) < 4.78 is 10.6. The predicted octanol–water partition coefficient (Wildman–Crippen LogP) is 1.91. The lowest BCUT2D eigenvalue weighted by Crippen LogP contribution is -2.37. The number of guanidine groups is 1. The topological polar surface area (TPSA) is 102 Å². The number of nitrogens with two attached hydrogens (primary N) is 1. The highest BCUT2D eigenvalue weighted by molar-refractivity contribution is 14.0. The Morgan fingerprint density at radius 1 is 1.24 bits per heavy atom. The number of benzene rings is 1. The monoisotopic (exact) mass is 458 g/mol. The van der Waals surface area contributed by atoms with Gasteiger partial charge in [0.15, 0.2) is 11.7 Å². The number of primary amides is 1. The lowest BCUT2D eigenvalue weighted by molar-refractivity contribution is 0.0972. The molecule has 2 aromatic rings. The van der Waals surface area contributed by atoms with Gasteiger partial charge in [0.2, 0.25) is 0 Å². The zero-order chi connectivity index (χ0) is 17.4. The van der Waals surface area contributed by atoms with Crippen LogP contribution >= 0.6 is 24.0 Å². The molecule has 0 unspecified atom stereocenters. The molecule has 136 valence electrons. The van der Waals surface area contributed by atoms with Crippen molar-refractivity contribution < 1.29 is 13.9 Å². The minimum absolute atomic E-state index is 0. The molecule has 0 aliphatic rings. The maximum Gasteiger partial charge on any atom is 0.284 e. The fourth-order valence-corrected chi connectivity index (χ4v) is 2.22. The molecule has 0 radical (unpaired) electrons. The van der Waals surface area contributed by atoms with Crippen LogP contribution in [0.15, 0.2) is 45.8 Å². The first-order valence-electron chi connectivity index (χ1n) is 7.59. The fraction of sp³-hybridized carbons (Fsp3) is 0.294. The molecular weight excluding hydrogens is 435 g/mol. The van der Waals surface area contributed by atoms with Crippen molar-refractivity contribution in [3.05, 3.63) is 53.5 Å². The maximum absolute atomic E-state index is 11.0. The van der Waals surface area contributed by atoms with Crippen molar-refractivity contribution >= 4 is 35.8 Å². The number of ether oxygens (including phenoxy) is 1. The van der Waals surface area contributed by atoms with Gasteiger partial charge in [-0.1, -0.05) is 18.2 Å². The molecule has 4 N–H and O–H groups in total. The molecule has 0 fully saturated rings. The normalized spacial score (nSPS) is 10.7. The van der Waals surface area contributed by atoms with Crippen LogP contribution in [0.3, 0.4) is 0 Å². The Balaban J connectivity index is 0.00000312. The first-order chi connectivity index (χ1) is 11.6. The highest BCUT2D eigenvalue weighted by Crippen LogP contribution is 2.17. The second kappa shape index (κ2) is 10.6. The molecule has 2 rings (SSSR count). The third-order valence-corrected chi connectivity index (χ3v) is 3.44. The van der Waals surface area contributed by atoms with Gasteiger partial charge in [-0.25, -0.2) is 0 Å². The highest BCUT2D eigenvalue weighted by atomic mass is 127. The molecular formula is C17H23IN4O3. The van der Waals surface area contributed by atoms with Crippen LogP contribution in [0.4, 0.5) is 0 Å². The SMILES string of the molecule is CN=C(NCCc1ccccc1OC)NCc1ccc(C(N)=O)o1.I. The minimum Gasteiger partial charge on any atom is -0.496 e. The molecule has 8 heteroatoms. The average molecular weight is 458 g/mol. The lowest BCUT2D eigenvalue weighted by atomic mass is 10.1. The summed E-state index contributed by atoms with van der Waals surface area (Å²) in [5, 5.41) is 6.33. The fourth-order valence-electron chi connectivity index (χ4n) is 2.22. The second-order valence-corrected chi connectivity index (χ2v) is 5.04. The predicted molar refractivity (Wildman–Crippen MR) is 108 cm³/mol.